The van der Waals surface area contributed by atoms with Crippen LogP contribution >= 0.6 is 0 Å². The van der Waals surface area contributed by atoms with Crippen LogP contribution in [-0.4, -0.2) is 40.7 Å². The molecule has 0 aliphatic rings. The van der Waals surface area contributed by atoms with Crippen LogP contribution in [0.2, 0.25) is 0 Å². The normalized spacial score (nSPS) is 12.4. The van der Waals surface area contributed by atoms with Crippen LogP contribution in [0.4, 0.5) is 0 Å². The maximum atomic E-state index is 10.7. The van der Waals surface area contributed by atoms with E-state index in [0.29, 0.717) is 32.6 Å². The quantitative estimate of drug-likeness (QED) is 0.267. The minimum absolute atomic E-state index is 0.290. The van der Waals surface area contributed by atoms with E-state index in [1.807, 2.05) is 0 Å². The molecule has 0 aliphatic heterocycles. The summed E-state index contributed by atoms with van der Waals surface area (Å²) in [4.78, 5) is 20.7. The van der Waals surface area contributed by atoms with Gasteiger partial charge in [0.15, 0.2) is 0 Å². The van der Waals surface area contributed by atoms with Gasteiger partial charge < -0.3 is 10.6 Å². The first-order valence-electron chi connectivity index (χ1n) is 6.30. The average Bonchev–Trinajstić information content (AvgIpc) is 2.27. The van der Waals surface area contributed by atoms with Crippen molar-refractivity contribution in [2.24, 2.45) is 0 Å². The molecule has 0 amide bonds. The van der Waals surface area contributed by atoms with E-state index in [9.17, 15) is 20.2 Å². The van der Waals surface area contributed by atoms with E-state index in [4.69, 9.17) is 0 Å². The molecular formula is C11H24N4O4. The van der Waals surface area contributed by atoms with Gasteiger partial charge in [-0.05, 0) is 0 Å². The first-order chi connectivity index (χ1) is 8.59. The number of hydrogen-bond donors (Lipinski definition) is 2. The SMILES string of the molecule is CC(C)(CCNCNCCC(C)(C)[N+](=O)[O-])[N+](=O)[O-]. The maximum absolute atomic E-state index is 10.7. The Labute approximate surface area is 113 Å². The maximum Gasteiger partial charge on any atom is 0.218 e. The molecule has 0 aromatic heterocycles. The molecule has 8 nitrogen and oxygen atoms in total. The van der Waals surface area contributed by atoms with E-state index in [1.165, 1.54) is 0 Å². The molecule has 19 heavy (non-hydrogen) atoms. The van der Waals surface area contributed by atoms with Gasteiger partial charge in [0.25, 0.3) is 0 Å². The Morgan fingerprint density at radius 3 is 1.42 bits per heavy atom. The Morgan fingerprint density at radius 1 is 0.842 bits per heavy atom. The fourth-order valence-electron chi connectivity index (χ4n) is 1.24. The van der Waals surface area contributed by atoms with E-state index in [2.05, 4.69) is 10.6 Å². The lowest BCUT2D eigenvalue weighted by molar-refractivity contribution is -0.561. The summed E-state index contributed by atoms with van der Waals surface area (Å²) in [6, 6.07) is 0. The zero-order valence-electron chi connectivity index (χ0n) is 12.1. The molecule has 112 valence electrons. The molecule has 2 N–H and O–H groups in total. The fourth-order valence-corrected chi connectivity index (χ4v) is 1.24. The Bertz CT molecular complexity index is 288. The summed E-state index contributed by atoms with van der Waals surface area (Å²) >= 11 is 0. The van der Waals surface area contributed by atoms with Gasteiger partial charge in [-0.2, -0.15) is 0 Å². The second kappa shape index (κ2) is 7.34. The zero-order chi connectivity index (χ0) is 15.1. The molecule has 0 aromatic rings. The highest BCUT2D eigenvalue weighted by Crippen LogP contribution is 2.12. The number of rotatable bonds is 10. The molecule has 0 rings (SSSR count). The molecule has 0 spiro atoms. The molecule has 0 atom stereocenters. The third kappa shape index (κ3) is 7.02. The minimum Gasteiger partial charge on any atom is -0.304 e. The number of nitro groups is 2. The van der Waals surface area contributed by atoms with Crippen LogP contribution in [0.15, 0.2) is 0 Å². The van der Waals surface area contributed by atoms with Crippen LogP contribution in [0.5, 0.6) is 0 Å². The third-order valence-corrected chi connectivity index (χ3v) is 3.07. The van der Waals surface area contributed by atoms with Crippen LogP contribution in [0.25, 0.3) is 0 Å². The van der Waals surface area contributed by atoms with Crippen molar-refractivity contribution >= 4 is 0 Å². The summed E-state index contributed by atoms with van der Waals surface area (Å²) in [7, 11) is 0. The molecule has 0 fully saturated rings. The highest BCUT2D eigenvalue weighted by Gasteiger charge is 2.30. The topological polar surface area (TPSA) is 110 Å². The van der Waals surface area contributed by atoms with Gasteiger partial charge in [-0.15, -0.1) is 0 Å². The molecule has 0 unspecified atom stereocenters. The minimum atomic E-state index is -0.930. The van der Waals surface area contributed by atoms with Crippen molar-refractivity contribution < 1.29 is 9.85 Å². The summed E-state index contributed by atoms with van der Waals surface area (Å²) in [5, 5.41) is 27.4. The number of hydrogen-bond acceptors (Lipinski definition) is 6. The van der Waals surface area contributed by atoms with Crippen LogP contribution in [-0.2, 0) is 0 Å². The van der Waals surface area contributed by atoms with Gasteiger partial charge >= 0.3 is 0 Å². The molecule has 0 aliphatic carbocycles. The van der Waals surface area contributed by atoms with Crippen molar-refractivity contribution in [3.8, 4) is 0 Å². The standard InChI is InChI=1S/C11H24N4O4/c1-10(2,14(16)17)5-7-12-9-13-8-6-11(3,4)15(18)19/h12-13H,5-9H2,1-4H3. The lowest BCUT2D eigenvalue weighted by atomic mass is 10.0. The first-order valence-corrected chi connectivity index (χ1v) is 6.30. The molecule has 0 aromatic carbocycles. The van der Waals surface area contributed by atoms with Crippen LogP contribution in [0, 0.1) is 20.2 Å². The summed E-state index contributed by atoms with van der Waals surface area (Å²) < 4.78 is 0. The Balaban J connectivity index is 3.63. The molecular weight excluding hydrogens is 252 g/mol. The smallest absolute Gasteiger partial charge is 0.218 e. The average molecular weight is 276 g/mol. The van der Waals surface area contributed by atoms with Crippen molar-refractivity contribution in [2.45, 2.75) is 51.6 Å². The molecule has 0 radical (unpaired) electrons. The number of nitrogens with one attached hydrogen (secondary N) is 2. The van der Waals surface area contributed by atoms with Gasteiger partial charge in [-0.25, -0.2) is 0 Å². The van der Waals surface area contributed by atoms with Gasteiger partial charge in [0, 0.05) is 70.1 Å². The van der Waals surface area contributed by atoms with Crippen LogP contribution < -0.4 is 10.6 Å². The van der Waals surface area contributed by atoms with E-state index in [0.717, 1.165) is 0 Å². The summed E-state index contributed by atoms with van der Waals surface area (Å²) in [5.74, 6) is 0. The van der Waals surface area contributed by atoms with Gasteiger partial charge in [0.1, 0.15) is 0 Å². The van der Waals surface area contributed by atoms with Gasteiger partial charge in [-0.3, -0.25) is 20.2 Å². The van der Waals surface area contributed by atoms with E-state index in [1.54, 1.807) is 27.7 Å². The van der Waals surface area contributed by atoms with Gasteiger partial charge in [0.05, 0.1) is 0 Å². The largest absolute Gasteiger partial charge is 0.304 e. The predicted molar refractivity (Wildman–Crippen MR) is 72.3 cm³/mol. The van der Waals surface area contributed by atoms with Crippen LogP contribution in [0.1, 0.15) is 40.5 Å². The lowest BCUT2D eigenvalue weighted by Crippen LogP contribution is -2.39. The highest BCUT2D eigenvalue weighted by molar-refractivity contribution is 4.69. The van der Waals surface area contributed by atoms with E-state index >= 15 is 0 Å². The van der Waals surface area contributed by atoms with Crippen molar-refractivity contribution in [3.63, 3.8) is 0 Å². The fraction of sp³-hybridized carbons (Fsp3) is 1.00. The van der Waals surface area contributed by atoms with Crippen LogP contribution in [0.3, 0.4) is 0 Å². The second-order valence-corrected chi connectivity index (χ2v) is 5.82. The predicted octanol–water partition coefficient (Wildman–Crippen LogP) is 1.01. The Kier molecular flexibility index (Phi) is 6.85. The molecule has 0 saturated heterocycles. The van der Waals surface area contributed by atoms with E-state index in [-0.39, 0.29) is 9.85 Å². The third-order valence-electron chi connectivity index (χ3n) is 3.07. The monoisotopic (exact) mass is 276 g/mol. The molecule has 8 heteroatoms. The molecule has 0 heterocycles. The molecule has 0 bridgehead atoms. The first kappa shape index (κ1) is 17.7. The van der Waals surface area contributed by atoms with E-state index < -0.39 is 11.1 Å². The van der Waals surface area contributed by atoms with Crippen molar-refractivity contribution in [1.82, 2.24) is 10.6 Å². The van der Waals surface area contributed by atoms with Crippen molar-refractivity contribution in [3.05, 3.63) is 20.2 Å². The van der Waals surface area contributed by atoms with Gasteiger partial charge in [-0.1, -0.05) is 0 Å². The highest BCUT2D eigenvalue weighted by atomic mass is 16.6. The molecule has 0 saturated carbocycles. The number of nitrogens with zero attached hydrogens (tertiary/aromatic N) is 2. The van der Waals surface area contributed by atoms with Crippen molar-refractivity contribution in [1.29, 1.82) is 0 Å². The second-order valence-electron chi connectivity index (χ2n) is 5.82. The zero-order valence-corrected chi connectivity index (χ0v) is 12.1. The summed E-state index contributed by atoms with van der Waals surface area (Å²) in [5.41, 5.74) is -1.86. The lowest BCUT2D eigenvalue weighted by Gasteiger charge is -2.17. The van der Waals surface area contributed by atoms with Crippen molar-refractivity contribution in [2.75, 3.05) is 19.8 Å². The Morgan fingerprint density at radius 2 is 1.16 bits per heavy atom. The van der Waals surface area contributed by atoms with Gasteiger partial charge in [0.2, 0.25) is 11.1 Å². The Hall–Kier alpha value is -1.28. The summed E-state index contributed by atoms with van der Waals surface area (Å²) in [6.45, 7) is 7.88. The summed E-state index contributed by atoms with van der Waals surface area (Å²) in [6.07, 6.45) is 0.865.